The molecule has 2 aromatic carbocycles. The normalized spacial score (nSPS) is 12.9. The highest BCUT2D eigenvalue weighted by Crippen LogP contribution is 2.23. The molecule has 0 fully saturated rings. The van der Waals surface area contributed by atoms with Crippen LogP contribution in [0.3, 0.4) is 0 Å². The number of carbonyl (C=O) groups is 2. The number of benzene rings is 2. The number of nitrogens with one attached hydrogen (secondary N) is 1. The number of hydrogen-bond acceptors (Lipinski definition) is 4. The number of rotatable bonds is 7. The van der Waals surface area contributed by atoms with Crippen molar-refractivity contribution in [2.75, 3.05) is 0 Å². The highest BCUT2D eigenvalue weighted by atomic mass is 32.2. The van der Waals surface area contributed by atoms with Crippen LogP contribution in [0.2, 0.25) is 0 Å². The molecule has 0 spiro atoms. The lowest BCUT2D eigenvalue weighted by Gasteiger charge is -2.16. The average Bonchev–Trinajstić information content (AvgIpc) is 2.61. The molecule has 0 aliphatic rings. The van der Waals surface area contributed by atoms with Crippen molar-refractivity contribution in [1.29, 1.82) is 0 Å². The van der Waals surface area contributed by atoms with E-state index in [1.54, 1.807) is 13.8 Å². The minimum absolute atomic E-state index is 0.300. The lowest BCUT2D eigenvalue weighted by atomic mass is 10.1. The van der Waals surface area contributed by atoms with Gasteiger partial charge in [-0.15, -0.1) is 11.8 Å². The van der Waals surface area contributed by atoms with Crippen LogP contribution in [-0.4, -0.2) is 23.2 Å². The Morgan fingerprint density at radius 3 is 2.32 bits per heavy atom. The number of amides is 1. The van der Waals surface area contributed by atoms with E-state index in [9.17, 15) is 9.59 Å². The highest BCUT2D eigenvalue weighted by Gasteiger charge is 2.22. The summed E-state index contributed by atoms with van der Waals surface area (Å²) in [5, 5.41) is 2.41. The van der Waals surface area contributed by atoms with Crippen molar-refractivity contribution in [3.05, 3.63) is 65.7 Å². The molecule has 4 nitrogen and oxygen atoms in total. The zero-order chi connectivity index (χ0) is 18.2. The Kier molecular flexibility index (Phi) is 7.07. The van der Waals surface area contributed by atoms with Gasteiger partial charge in [-0.3, -0.25) is 9.59 Å². The second kappa shape index (κ2) is 9.28. The van der Waals surface area contributed by atoms with Gasteiger partial charge < -0.3 is 10.1 Å². The van der Waals surface area contributed by atoms with E-state index in [0.29, 0.717) is 6.54 Å². The van der Waals surface area contributed by atoms with E-state index >= 15 is 0 Å². The van der Waals surface area contributed by atoms with Gasteiger partial charge in [0.15, 0.2) is 6.10 Å². The van der Waals surface area contributed by atoms with Gasteiger partial charge in [-0.05, 0) is 38.5 Å². The highest BCUT2D eigenvalue weighted by molar-refractivity contribution is 8.00. The first-order chi connectivity index (χ1) is 12.0. The zero-order valence-corrected chi connectivity index (χ0v) is 15.5. The van der Waals surface area contributed by atoms with Gasteiger partial charge in [-0.1, -0.05) is 48.0 Å². The van der Waals surface area contributed by atoms with Gasteiger partial charge in [0.25, 0.3) is 5.91 Å². The monoisotopic (exact) mass is 357 g/mol. The molecule has 2 unspecified atom stereocenters. The Balaban J connectivity index is 1.79. The van der Waals surface area contributed by atoms with Crippen LogP contribution in [0.25, 0.3) is 0 Å². The van der Waals surface area contributed by atoms with Crippen molar-refractivity contribution in [1.82, 2.24) is 5.32 Å². The molecule has 25 heavy (non-hydrogen) atoms. The number of esters is 1. The molecule has 1 N–H and O–H groups in total. The molecule has 132 valence electrons. The van der Waals surface area contributed by atoms with Crippen LogP contribution in [0.5, 0.6) is 0 Å². The SMILES string of the molecule is Cc1ccc(CNC(=O)C(C)OC(=O)C(C)Sc2ccccc2)cc1. The first-order valence-electron chi connectivity index (χ1n) is 8.21. The van der Waals surface area contributed by atoms with E-state index in [4.69, 9.17) is 4.74 Å². The fourth-order valence-electron chi connectivity index (χ4n) is 2.11. The second-order valence-electron chi connectivity index (χ2n) is 5.86. The molecule has 0 aliphatic heterocycles. The Labute approximate surface area is 153 Å². The Morgan fingerprint density at radius 2 is 1.68 bits per heavy atom. The summed E-state index contributed by atoms with van der Waals surface area (Å²) in [6.45, 7) is 5.78. The summed E-state index contributed by atoms with van der Waals surface area (Å²) in [5.41, 5.74) is 2.17. The van der Waals surface area contributed by atoms with Crippen LogP contribution in [0.15, 0.2) is 59.5 Å². The topological polar surface area (TPSA) is 55.4 Å². The largest absolute Gasteiger partial charge is 0.452 e. The number of aryl methyl sites for hydroxylation is 1. The van der Waals surface area contributed by atoms with Gasteiger partial charge in [-0.25, -0.2) is 0 Å². The second-order valence-corrected chi connectivity index (χ2v) is 7.27. The molecule has 2 aromatic rings. The van der Waals surface area contributed by atoms with Gasteiger partial charge >= 0.3 is 5.97 Å². The Bertz CT molecular complexity index is 701. The third-order valence-electron chi connectivity index (χ3n) is 3.64. The standard InChI is InChI=1S/C20H23NO3S/c1-14-9-11-17(12-10-14)13-21-19(22)15(2)24-20(23)16(3)25-18-7-5-4-6-8-18/h4-12,15-16H,13H2,1-3H3,(H,21,22). The number of ether oxygens (including phenoxy) is 1. The molecular formula is C20H23NO3S. The minimum Gasteiger partial charge on any atom is -0.452 e. The summed E-state index contributed by atoms with van der Waals surface area (Å²) in [6.07, 6.45) is -0.822. The van der Waals surface area contributed by atoms with Crippen LogP contribution in [0.1, 0.15) is 25.0 Å². The summed E-state index contributed by atoms with van der Waals surface area (Å²) >= 11 is 1.41. The van der Waals surface area contributed by atoms with Crippen LogP contribution in [-0.2, 0) is 20.9 Å². The van der Waals surface area contributed by atoms with Crippen molar-refractivity contribution in [3.8, 4) is 0 Å². The summed E-state index contributed by atoms with van der Waals surface area (Å²) in [5.74, 6) is -0.697. The predicted molar refractivity (Wildman–Crippen MR) is 100 cm³/mol. The summed E-state index contributed by atoms with van der Waals surface area (Å²) in [4.78, 5) is 25.2. The van der Waals surface area contributed by atoms with Gasteiger partial charge in [0, 0.05) is 11.4 Å². The molecule has 2 rings (SSSR count). The molecule has 5 heteroatoms. The van der Waals surface area contributed by atoms with E-state index < -0.39 is 12.1 Å². The maximum Gasteiger partial charge on any atom is 0.319 e. The molecular weight excluding hydrogens is 334 g/mol. The molecule has 1 amide bonds. The van der Waals surface area contributed by atoms with E-state index in [2.05, 4.69) is 5.32 Å². The van der Waals surface area contributed by atoms with Crippen molar-refractivity contribution in [2.24, 2.45) is 0 Å². The molecule has 0 radical (unpaired) electrons. The zero-order valence-electron chi connectivity index (χ0n) is 14.7. The van der Waals surface area contributed by atoms with E-state index in [-0.39, 0.29) is 11.2 Å². The summed E-state index contributed by atoms with van der Waals surface area (Å²) in [7, 11) is 0. The molecule has 0 aromatic heterocycles. The van der Waals surface area contributed by atoms with Gasteiger partial charge in [0.1, 0.15) is 5.25 Å². The maximum absolute atomic E-state index is 12.2. The summed E-state index contributed by atoms with van der Waals surface area (Å²) < 4.78 is 5.28. The van der Waals surface area contributed by atoms with Crippen LogP contribution in [0.4, 0.5) is 0 Å². The number of thioether (sulfide) groups is 1. The van der Waals surface area contributed by atoms with Crippen LogP contribution in [0, 0.1) is 6.92 Å². The quantitative estimate of drug-likeness (QED) is 0.606. The van der Waals surface area contributed by atoms with Crippen LogP contribution >= 0.6 is 11.8 Å². The molecule has 0 bridgehead atoms. The lowest BCUT2D eigenvalue weighted by molar-refractivity contribution is -0.154. The van der Waals surface area contributed by atoms with Crippen molar-refractivity contribution in [2.45, 2.75) is 43.6 Å². The Morgan fingerprint density at radius 1 is 1.04 bits per heavy atom. The third kappa shape index (κ3) is 6.27. The number of carbonyl (C=O) groups excluding carboxylic acids is 2. The number of hydrogen-bond donors (Lipinski definition) is 1. The molecule has 0 heterocycles. The van der Waals surface area contributed by atoms with Crippen molar-refractivity contribution in [3.63, 3.8) is 0 Å². The average molecular weight is 357 g/mol. The third-order valence-corrected chi connectivity index (χ3v) is 4.73. The van der Waals surface area contributed by atoms with E-state index in [0.717, 1.165) is 10.5 Å². The first kappa shape index (κ1) is 19.1. The minimum atomic E-state index is -0.822. The summed E-state index contributed by atoms with van der Waals surface area (Å²) in [6, 6.07) is 17.5. The smallest absolute Gasteiger partial charge is 0.319 e. The van der Waals surface area contributed by atoms with E-state index in [1.807, 2.05) is 61.5 Å². The van der Waals surface area contributed by atoms with E-state index in [1.165, 1.54) is 17.3 Å². The molecule has 2 atom stereocenters. The predicted octanol–water partition coefficient (Wildman–Crippen LogP) is 3.72. The first-order valence-corrected chi connectivity index (χ1v) is 9.09. The van der Waals surface area contributed by atoms with Gasteiger partial charge in [-0.2, -0.15) is 0 Å². The van der Waals surface area contributed by atoms with Gasteiger partial charge in [0.05, 0.1) is 0 Å². The fourth-order valence-corrected chi connectivity index (χ4v) is 2.99. The lowest BCUT2D eigenvalue weighted by Crippen LogP contribution is -2.36. The van der Waals surface area contributed by atoms with Crippen LogP contribution < -0.4 is 5.32 Å². The Hall–Kier alpha value is -2.27. The molecule has 0 saturated carbocycles. The maximum atomic E-state index is 12.2. The van der Waals surface area contributed by atoms with Crippen molar-refractivity contribution < 1.29 is 14.3 Å². The molecule has 0 saturated heterocycles. The van der Waals surface area contributed by atoms with Gasteiger partial charge in [0.2, 0.25) is 0 Å². The van der Waals surface area contributed by atoms with Crippen molar-refractivity contribution >= 4 is 23.6 Å². The molecule has 0 aliphatic carbocycles. The fraction of sp³-hybridized carbons (Fsp3) is 0.300.